The maximum absolute atomic E-state index is 13.8. The first kappa shape index (κ1) is 18.8. The number of carbonyl (C=O) groups is 1. The number of benzene rings is 1. The van der Waals surface area contributed by atoms with Gasteiger partial charge in [0, 0.05) is 17.2 Å². The lowest BCUT2D eigenvalue weighted by Crippen LogP contribution is -2.34. The van der Waals surface area contributed by atoms with Crippen LogP contribution in [0.25, 0.3) is 0 Å². The SMILES string of the molecule is Cc1nc(NC(=O)C2CCNCC2)sc1Cc1ccccc1F.Cl. The Morgan fingerprint density at radius 2 is 2.08 bits per heavy atom. The molecule has 2 N–H and O–H groups in total. The number of piperidine rings is 1. The van der Waals surface area contributed by atoms with Gasteiger partial charge in [-0.15, -0.1) is 23.7 Å². The molecule has 4 nitrogen and oxygen atoms in total. The Balaban J connectivity index is 0.00000208. The lowest BCUT2D eigenvalue weighted by atomic mass is 9.97. The fourth-order valence-electron chi connectivity index (χ4n) is 2.75. The van der Waals surface area contributed by atoms with Crippen molar-refractivity contribution in [1.29, 1.82) is 0 Å². The number of nitrogens with one attached hydrogen (secondary N) is 2. The first-order valence-corrected chi connectivity index (χ1v) is 8.66. The van der Waals surface area contributed by atoms with Crippen LogP contribution in [-0.2, 0) is 11.2 Å². The number of halogens is 2. The van der Waals surface area contributed by atoms with Gasteiger partial charge in [-0.2, -0.15) is 0 Å². The van der Waals surface area contributed by atoms with Crippen LogP contribution in [0.15, 0.2) is 24.3 Å². The molecule has 2 heterocycles. The quantitative estimate of drug-likeness (QED) is 0.866. The van der Waals surface area contributed by atoms with E-state index in [4.69, 9.17) is 0 Å². The fourth-order valence-corrected chi connectivity index (χ4v) is 3.74. The zero-order chi connectivity index (χ0) is 16.2. The molecule has 7 heteroatoms. The van der Waals surface area contributed by atoms with Crippen LogP contribution in [0, 0.1) is 18.7 Å². The van der Waals surface area contributed by atoms with Crippen molar-refractivity contribution in [2.45, 2.75) is 26.2 Å². The Labute approximate surface area is 151 Å². The summed E-state index contributed by atoms with van der Waals surface area (Å²) in [5, 5.41) is 6.78. The van der Waals surface area contributed by atoms with E-state index in [0.717, 1.165) is 36.5 Å². The first-order valence-electron chi connectivity index (χ1n) is 7.85. The molecule has 1 fully saturated rings. The van der Waals surface area contributed by atoms with E-state index in [1.165, 1.54) is 17.4 Å². The van der Waals surface area contributed by atoms with Gasteiger partial charge in [-0.3, -0.25) is 4.79 Å². The van der Waals surface area contributed by atoms with E-state index >= 15 is 0 Å². The molecule has 1 aliphatic heterocycles. The Morgan fingerprint density at radius 3 is 2.79 bits per heavy atom. The third kappa shape index (κ3) is 4.53. The summed E-state index contributed by atoms with van der Waals surface area (Å²) in [4.78, 5) is 17.7. The maximum atomic E-state index is 13.8. The second-order valence-corrected chi connectivity index (χ2v) is 6.89. The van der Waals surface area contributed by atoms with Crippen molar-refractivity contribution in [3.63, 3.8) is 0 Å². The van der Waals surface area contributed by atoms with Crippen LogP contribution in [-0.4, -0.2) is 24.0 Å². The number of amides is 1. The molecule has 24 heavy (non-hydrogen) atoms. The lowest BCUT2D eigenvalue weighted by molar-refractivity contribution is -0.120. The van der Waals surface area contributed by atoms with Crippen molar-refractivity contribution in [3.05, 3.63) is 46.2 Å². The summed E-state index contributed by atoms with van der Waals surface area (Å²) in [5.74, 6) is -0.117. The average molecular weight is 370 g/mol. The summed E-state index contributed by atoms with van der Waals surface area (Å²) in [6.07, 6.45) is 2.22. The standard InChI is InChI=1S/C17H20FN3OS.ClH/c1-11-15(10-13-4-2-3-5-14(13)18)23-17(20-11)21-16(22)12-6-8-19-9-7-12;/h2-5,12,19H,6-10H2,1H3,(H,20,21,22);1H. The van der Waals surface area contributed by atoms with Crippen LogP contribution < -0.4 is 10.6 Å². The number of aryl methyl sites for hydroxylation is 1. The van der Waals surface area contributed by atoms with Gasteiger partial charge >= 0.3 is 0 Å². The summed E-state index contributed by atoms with van der Waals surface area (Å²) in [6, 6.07) is 6.75. The highest BCUT2D eigenvalue weighted by molar-refractivity contribution is 7.15. The third-order valence-electron chi connectivity index (χ3n) is 4.14. The minimum absolute atomic E-state index is 0. The van der Waals surface area contributed by atoms with Crippen molar-refractivity contribution in [3.8, 4) is 0 Å². The minimum Gasteiger partial charge on any atom is -0.317 e. The molecule has 0 saturated carbocycles. The zero-order valence-corrected chi connectivity index (χ0v) is 15.1. The number of hydrogen-bond donors (Lipinski definition) is 2. The average Bonchev–Trinajstić information content (AvgIpc) is 2.90. The van der Waals surface area contributed by atoms with Crippen LogP contribution in [0.5, 0.6) is 0 Å². The minimum atomic E-state index is -0.208. The molecule has 1 aromatic heterocycles. The van der Waals surface area contributed by atoms with Gasteiger partial charge < -0.3 is 10.6 Å². The molecular formula is C17H21ClFN3OS. The molecule has 0 aliphatic carbocycles. The van der Waals surface area contributed by atoms with Crippen LogP contribution >= 0.6 is 23.7 Å². The maximum Gasteiger partial charge on any atom is 0.229 e. The number of anilines is 1. The third-order valence-corrected chi connectivity index (χ3v) is 5.21. The second-order valence-electron chi connectivity index (χ2n) is 5.81. The van der Waals surface area contributed by atoms with Crippen molar-refractivity contribution < 1.29 is 9.18 Å². The molecule has 0 unspecified atom stereocenters. The number of carbonyl (C=O) groups excluding carboxylic acids is 1. The van der Waals surface area contributed by atoms with Crippen molar-refractivity contribution in [2.75, 3.05) is 18.4 Å². The predicted molar refractivity (Wildman–Crippen MR) is 97.5 cm³/mol. The number of rotatable bonds is 4. The molecule has 0 spiro atoms. The summed E-state index contributed by atoms with van der Waals surface area (Å²) >= 11 is 1.43. The molecule has 130 valence electrons. The zero-order valence-electron chi connectivity index (χ0n) is 13.5. The molecule has 1 amide bonds. The highest BCUT2D eigenvalue weighted by Gasteiger charge is 2.22. The number of aromatic nitrogens is 1. The Hall–Kier alpha value is -1.50. The van der Waals surface area contributed by atoms with Crippen LogP contribution in [0.3, 0.4) is 0 Å². The van der Waals surface area contributed by atoms with Crippen LogP contribution in [0.2, 0.25) is 0 Å². The van der Waals surface area contributed by atoms with E-state index in [2.05, 4.69) is 15.6 Å². The van der Waals surface area contributed by atoms with Gasteiger partial charge in [0.15, 0.2) is 5.13 Å². The van der Waals surface area contributed by atoms with Crippen molar-refractivity contribution >= 4 is 34.8 Å². The highest BCUT2D eigenvalue weighted by Crippen LogP contribution is 2.27. The Kier molecular flexibility index (Phi) is 6.71. The van der Waals surface area contributed by atoms with Crippen LogP contribution in [0.4, 0.5) is 9.52 Å². The van der Waals surface area contributed by atoms with E-state index in [9.17, 15) is 9.18 Å². The first-order chi connectivity index (χ1) is 11.1. The smallest absolute Gasteiger partial charge is 0.229 e. The molecule has 3 rings (SSSR count). The molecular weight excluding hydrogens is 349 g/mol. The van der Waals surface area contributed by atoms with Gasteiger partial charge in [-0.25, -0.2) is 9.37 Å². The molecule has 1 saturated heterocycles. The highest BCUT2D eigenvalue weighted by atomic mass is 35.5. The van der Waals surface area contributed by atoms with Gasteiger partial charge in [0.1, 0.15) is 5.82 Å². The van der Waals surface area contributed by atoms with E-state index in [-0.39, 0.29) is 30.0 Å². The molecule has 0 bridgehead atoms. The van der Waals surface area contributed by atoms with Gasteiger partial charge in [-0.05, 0) is 44.5 Å². The number of nitrogens with zero attached hydrogens (tertiary/aromatic N) is 1. The van der Waals surface area contributed by atoms with E-state index < -0.39 is 0 Å². The monoisotopic (exact) mass is 369 g/mol. The Morgan fingerprint density at radius 1 is 1.38 bits per heavy atom. The predicted octanol–water partition coefficient (Wildman–Crippen LogP) is 3.54. The molecule has 1 aliphatic rings. The molecule has 2 aromatic rings. The number of hydrogen-bond acceptors (Lipinski definition) is 4. The van der Waals surface area contributed by atoms with Crippen molar-refractivity contribution in [1.82, 2.24) is 10.3 Å². The lowest BCUT2D eigenvalue weighted by Gasteiger charge is -2.20. The number of thiazole rings is 1. The summed E-state index contributed by atoms with van der Waals surface area (Å²) in [7, 11) is 0. The normalized spacial score (nSPS) is 14.9. The van der Waals surface area contributed by atoms with Crippen LogP contribution in [0.1, 0.15) is 29.0 Å². The second kappa shape index (κ2) is 8.55. The van der Waals surface area contributed by atoms with E-state index in [0.29, 0.717) is 17.1 Å². The van der Waals surface area contributed by atoms with Gasteiger partial charge in [0.05, 0.1) is 5.69 Å². The Bertz CT molecular complexity index is 701. The summed E-state index contributed by atoms with van der Waals surface area (Å²) < 4.78 is 13.8. The van der Waals surface area contributed by atoms with Gasteiger partial charge in [-0.1, -0.05) is 18.2 Å². The largest absolute Gasteiger partial charge is 0.317 e. The molecule has 0 atom stereocenters. The van der Waals surface area contributed by atoms with Crippen molar-refractivity contribution in [2.24, 2.45) is 5.92 Å². The molecule has 1 aromatic carbocycles. The fraction of sp³-hybridized carbons (Fsp3) is 0.412. The summed E-state index contributed by atoms with van der Waals surface area (Å²) in [6.45, 7) is 3.66. The van der Waals surface area contributed by atoms with E-state index in [1.54, 1.807) is 12.1 Å². The molecule has 0 radical (unpaired) electrons. The summed E-state index contributed by atoms with van der Waals surface area (Å²) in [5.41, 5.74) is 1.49. The topological polar surface area (TPSA) is 54.0 Å². The van der Waals surface area contributed by atoms with Gasteiger partial charge in [0.2, 0.25) is 5.91 Å². The van der Waals surface area contributed by atoms with Gasteiger partial charge in [0.25, 0.3) is 0 Å². The van der Waals surface area contributed by atoms with E-state index in [1.807, 2.05) is 13.0 Å².